The molecule has 2 aromatic rings. The zero-order valence-electron chi connectivity index (χ0n) is 14.6. The van der Waals surface area contributed by atoms with Crippen LogP contribution in [0.4, 0.5) is 9.18 Å². The van der Waals surface area contributed by atoms with E-state index >= 15 is 0 Å². The van der Waals surface area contributed by atoms with Gasteiger partial charge in [-0.15, -0.1) is 0 Å². The summed E-state index contributed by atoms with van der Waals surface area (Å²) in [6.45, 7) is 0.0291. The Morgan fingerprint density at radius 3 is 2.52 bits per heavy atom. The van der Waals surface area contributed by atoms with E-state index in [1.807, 2.05) is 30.3 Å². The average Bonchev–Trinajstić information content (AvgIpc) is 2.99. The minimum Gasteiger partial charge on any atom is -0.488 e. The summed E-state index contributed by atoms with van der Waals surface area (Å²) in [6.07, 6.45) is 0.400. The molecule has 3 rings (SSSR count). The van der Waals surface area contributed by atoms with E-state index < -0.39 is 33.8 Å². The first-order valence-corrected chi connectivity index (χ1v) is 10.4. The van der Waals surface area contributed by atoms with Gasteiger partial charge >= 0.3 is 6.03 Å². The third-order valence-corrected chi connectivity index (χ3v) is 6.09. The van der Waals surface area contributed by atoms with Gasteiger partial charge in [-0.1, -0.05) is 42.5 Å². The van der Waals surface area contributed by atoms with E-state index in [0.29, 0.717) is 6.42 Å². The molecule has 6 nitrogen and oxygen atoms in total. The molecule has 0 spiro atoms. The van der Waals surface area contributed by atoms with Gasteiger partial charge in [0.15, 0.2) is 21.4 Å². The van der Waals surface area contributed by atoms with Gasteiger partial charge in [-0.2, -0.15) is 0 Å². The first-order valence-electron chi connectivity index (χ1n) is 8.63. The lowest BCUT2D eigenvalue weighted by molar-refractivity contribution is 0.219. The van der Waals surface area contributed by atoms with E-state index in [2.05, 4.69) is 10.6 Å². The maximum Gasteiger partial charge on any atom is 0.315 e. The van der Waals surface area contributed by atoms with Crippen molar-refractivity contribution >= 4 is 15.9 Å². The number of ether oxygens (including phenoxy) is 1. The molecule has 0 radical (unpaired) electrons. The van der Waals surface area contributed by atoms with Crippen LogP contribution in [0.1, 0.15) is 18.0 Å². The van der Waals surface area contributed by atoms with Gasteiger partial charge in [0.1, 0.15) is 6.61 Å². The van der Waals surface area contributed by atoms with Gasteiger partial charge in [0, 0.05) is 6.04 Å². The van der Waals surface area contributed by atoms with E-state index in [1.54, 1.807) is 12.1 Å². The highest BCUT2D eigenvalue weighted by atomic mass is 32.2. The predicted molar refractivity (Wildman–Crippen MR) is 99.8 cm³/mol. The maximum absolute atomic E-state index is 13.8. The number of hydrogen-bond donors (Lipinski definition) is 2. The van der Waals surface area contributed by atoms with Gasteiger partial charge in [-0.05, 0) is 24.1 Å². The predicted octanol–water partition coefficient (Wildman–Crippen LogP) is 2.43. The Balaban J connectivity index is 1.65. The van der Waals surface area contributed by atoms with Gasteiger partial charge in [-0.3, -0.25) is 0 Å². The number of amides is 2. The summed E-state index contributed by atoms with van der Waals surface area (Å²) in [5, 5.41) is 5.47. The van der Waals surface area contributed by atoms with E-state index in [1.165, 1.54) is 12.1 Å². The van der Waals surface area contributed by atoms with E-state index in [-0.39, 0.29) is 23.9 Å². The fourth-order valence-corrected chi connectivity index (χ4v) is 4.61. The minimum absolute atomic E-state index is 0.0291. The van der Waals surface area contributed by atoms with Crippen molar-refractivity contribution in [3.63, 3.8) is 0 Å². The topological polar surface area (TPSA) is 84.5 Å². The Hall–Kier alpha value is -2.61. The van der Waals surface area contributed by atoms with Crippen LogP contribution in [0.15, 0.2) is 54.6 Å². The summed E-state index contributed by atoms with van der Waals surface area (Å²) in [4.78, 5) is 12.3. The molecule has 1 aliphatic rings. The van der Waals surface area contributed by atoms with Crippen LogP contribution in [0.5, 0.6) is 5.75 Å². The first-order chi connectivity index (χ1) is 12.9. The summed E-state index contributed by atoms with van der Waals surface area (Å²) in [6, 6.07) is 13.8. The van der Waals surface area contributed by atoms with Crippen LogP contribution in [-0.4, -0.2) is 38.6 Å². The van der Waals surface area contributed by atoms with Crippen molar-refractivity contribution in [3.05, 3.63) is 66.0 Å². The number of nitrogens with one attached hydrogen (secondary N) is 2. The average molecular weight is 392 g/mol. The van der Waals surface area contributed by atoms with Gasteiger partial charge < -0.3 is 15.4 Å². The van der Waals surface area contributed by atoms with Gasteiger partial charge in [0.05, 0.1) is 17.5 Å². The largest absolute Gasteiger partial charge is 0.488 e. The number of carbonyl (C=O) groups is 1. The lowest BCUT2D eigenvalue weighted by Crippen LogP contribution is -2.45. The minimum atomic E-state index is -3.08. The van der Waals surface area contributed by atoms with Crippen LogP contribution < -0.4 is 15.4 Å². The zero-order valence-corrected chi connectivity index (χ0v) is 15.4. The number of benzene rings is 2. The number of halogens is 1. The molecule has 0 aliphatic carbocycles. The summed E-state index contributed by atoms with van der Waals surface area (Å²) in [7, 11) is -3.08. The SMILES string of the molecule is O=C(NC1CCS(=O)(=O)C1)NC(COc1ccccc1F)c1ccccc1. The van der Waals surface area contributed by atoms with E-state index in [4.69, 9.17) is 4.74 Å². The molecule has 8 heteroatoms. The van der Waals surface area contributed by atoms with Crippen molar-refractivity contribution in [2.75, 3.05) is 18.1 Å². The van der Waals surface area contributed by atoms with Crippen molar-refractivity contribution in [1.29, 1.82) is 0 Å². The third-order valence-electron chi connectivity index (χ3n) is 4.32. The molecular formula is C19H21FN2O4S. The number of urea groups is 1. The maximum atomic E-state index is 13.8. The monoisotopic (exact) mass is 392 g/mol. The molecule has 2 aromatic carbocycles. The molecule has 2 N–H and O–H groups in total. The summed E-state index contributed by atoms with van der Waals surface area (Å²) < 4.78 is 42.4. The number of para-hydroxylation sites is 1. The fourth-order valence-electron chi connectivity index (χ4n) is 2.94. The Bertz CT molecular complexity index is 890. The number of carbonyl (C=O) groups excluding carboxylic acids is 1. The Kier molecular flexibility index (Phi) is 5.95. The van der Waals surface area contributed by atoms with Crippen LogP contribution in [0.25, 0.3) is 0 Å². The summed E-state index contributed by atoms with van der Waals surface area (Å²) in [5.41, 5.74) is 0.794. The molecule has 1 saturated heterocycles. The highest BCUT2D eigenvalue weighted by Gasteiger charge is 2.29. The van der Waals surface area contributed by atoms with Gasteiger partial charge in [-0.25, -0.2) is 17.6 Å². The second-order valence-electron chi connectivity index (χ2n) is 6.42. The highest BCUT2D eigenvalue weighted by molar-refractivity contribution is 7.91. The zero-order chi connectivity index (χ0) is 19.3. The van der Waals surface area contributed by atoms with Gasteiger partial charge in [0.25, 0.3) is 0 Å². The lowest BCUT2D eigenvalue weighted by Gasteiger charge is -2.21. The standard InChI is InChI=1S/C19H21FN2O4S/c20-16-8-4-5-9-18(16)26-12-17(14-6-2-1-3-7-14)22-19(23)21-15-10-11-27(24,25)13-15/h1-9,15,17H,10-13H2,(H2,21,22,23). The molecule has 1 aliphatic heterocycles. The van der Waals surface area contributed by atoms with E-state index in [9.17, 15) is 17.6 Å². The highest BCUT2D eigenvalue weighted by Crippen LogP contribution is 2.19. The molecule has 27 heavy (non-hydrogen) atoms. The van der Waals surface area contributed by atoms with Crippen LogP contribution >= 0.6 is 0 Å². The van der Waals surface area contributed by atoms with Gasteiger partial charge in [0.2, 0.25) is 0 Å². The fraction of sp³-hybridized carbons (Fsp3) is 0.316. The molecule has 0 bridgehead atoms. The second kappa shape index (κ2) is 8.39. The molecule has 2 amide bonds. The third kappa shape index (κ3) is 5.43. The summed E-state index contributed by atoms with van der Waals surface area (Å²) in [5.74, 6) is -0.356. The normalized spacial score (nSPS) is 19.2. The number of rotatable bonds is 6. The quantitative estimate of drug-likeness (QED) is 0.791. The molecule has 0 saturated carbocycles. The van der Waals surface area contributed by atoms with Crippen LogP contribution in [0.3, 0.4) is 0 Å². The smallest absolute Gasteiger partial charge is 0.315 e. The molecular weight excluding hydrogens is 371 g/mol. The number of hydrogen-bond acceptors (Lipinski definition) is 4. The van der Waals surface area contributed by atoms with Crippen LogP contribution in [0, 0.1) is 5.82 Å². The van der Waals surface area contributed by atoms with Crippen molar-refractivity contribution in [3.8, 4) is 5.75 Å². The molecule has 2 atom stereocenters. The van der Waals surface area contributed by atoms with Crippen molar-refractivity contribution in [1.82, 2.24) is 10.6 Å². The van der Waals surface area contributed by atoms with Crippen LogP contribution in [0.2, 0.25) is 0 Å². The molecule has 0 aromatic heterocycles. The van der Waals surface area contributed by atoms with Crippen molar-refractivity contribution in [2.24, 2.45) is 0 Å². The first kappa shape index (κ1) is 19.2. The molecule has 1 heterocycles. The Morgan fingerprint density at radius 2 is 1.85 bits per heavy atom. The molecule has 1 fully saturated rings. The molecule has 144 valence electrons. The Labute approximate surface area is 157 Å². The number of sulfone groups is 1. The lowest BCUT2D eigenvalue weighted by atomic mass is 10.1. The molecule has 2 unspecified atom stereocenters. The summed E-state index contributed by atoms with van der Waals surface area (Å²) >= 11 is 0. The van der Waals surface area contributed by atoms with Crippen molar-refractivity contribution in [2.45, 2.75) is 18.5 Å². The van der Waals surface area contributed by atoms with E-state index in [0.717, 1.165) is 5.56 Å². The van der Waals surface area contributed by atoms with Crippen LogP contribution in [-0.2, 0) is 9.84 Å². The Morgan fingerprint density at radius 1 is 1.15 bits per heavy atom. The second-order valence-corrected chi connectivity index (χ2v) is 8.65. The van der Waals surface area contributed by atoms with Crippen molar-refractivity contribution < 1.29 is 22.3 Å².